The van der Waals surface area contributed by atoms with E-state index in [1.54, 1.807) is 25.7 Å². The second-order valence-electron chi connectivity index (χ2n) is 8.76. The summed E-state index contributed by atoms with van der Waals surface area (Å²) in [6.45, 7) is 9.64. The van der Waals surface area contributed by atoms with Crippen molar-refractivity contribution in [2.45, 2.75) is 71.4 Å². The maximum atomic E-state index is 12.9. The van der Waals surface area contributed by atoms with E-state index in [1.165, 1.54) is 0 Å². The Kier molecular flexibility index (Phi) is 7.72. The van der Waals surface area contributed by atoms with Crippen LogP contribution in [0.3, 0.4) is 0 Å². The lowest BCUT2D eigenvalue weighted by atomic mass is 10.0. The van der Waals surface area contributed by atoms with Crippen molar-refractivity contribution in [3.8, 4) is 6.01 Å². The molecule has 174 valence electrons. The molecule has 1 aromatic heterocycles. The molecule has 31 heavy (non-hydrogen) atoms. The molecule has 2 rings (SSSR count). The number of aromatic nitrogens is 2. The molecular formula is C20H29F3N4O4. The summed E-state index contributed by atoms with van der Waals surface area (Å²) in [5.74, 6) is -0.361. The SMILES string of the molecule is CC(C)[C@H](NC(=O)OC(C)(C)C)C(=O)N1CCC(Oc2ncc(C(F)(F)F)cn2)CC1. The fraction of sp³-hybridized carbons (Fsp3) is 0.700. The number of nitrogens with zero attached hydrogens (tertiary/aromatic N) is 3. The average molecular weight is 446 g/mol. The van der Waals surface area contributed by atoms with Crippen molar-refractivity contribution in [2.75, 3.05) is 13.1 Å². The highest BCUT2D eigenvalue weighted by Gasteiger charge is 2.34. The van der Waals surface area contributed by atoms with Gasteiger partial charge in [0, 0.05) is 38.3 Å². The van der Waals surface area contributed by atoms with E-state index in [-0.39, 0.29) is 23.9 Å². The van der Waals surface area contributed by atoms with Crippen molar-refractivity contribution in [3.63, 3.8) is 0 Å². The molecule has 0 saturated carbocycles. The molecule has 1 atom stereocenters. The summed E-state index contributed by atoms with van der Waals surface area (Å²) in [5.41, 5.74) is -1.62. The van der Waals surface area contributed by atoms with E-state index in [0.29, 0.717) is 38.3 Å². The molecule has 0 bridgehead atoms. The van der Waals surface area contributed by atoms with Crippen molar-refractivity contribution < 1.29 is 32.2 Å². The quantitative estimate of drug-likeness (QED) is 0.745. The molecule has 8 nitrogen and oxygen atoms in total. The minimum absolute atomic E-state index is 0.135. The van der Waals surface area contributed by atoms with Gasteiger partial charge in [0.05, 0.1) is 5.56 Å². The Bertz CT molecular complexity index is 755. The molecule has 1 aliphatic heterocycles. The normalized spacial score (nSPS) is 16.7. The van der Waals surface area contributed by atoms with Crippen molar-refractivity contribution in [2.24, 2.45) is 5.92 Å². The minimum Gasteiger partial charge on any atom is -0.460 e. The van der Waals surface area contributed by atoms with Crippen LogP contribution in [0.25, 0.3) is 0 Å². The van der Waals surface area contributed by atoms with Gasteiger partial charge >= 0.3 is 18.3 Å². The van der Waals surface area contributed by atoms with E-state index in [0.717, 1.165) is 0 Å². The number of alkyl halides is 3. The van der Waals surface area contributed by atoms with Crippen LogP contribution in [0.4, 0.5) is 18.0 Å². The van der Waals surface area contributed by atoms with Crippen LogP contribution in [-0.4, -0.2) is 57.7 Å². The molecule has 2 amide bonds. The van der Waals surface area contributed by atoms with Gasteiger partial charge in [0.1, 0.15) is 17.7 Å². The Morgan fingerprint density at radius 3 is 2.13 bits per heavy atom. The number of amides is 2. The fourth-order valence-corrected chi connectivity index (χ4v) is 3.01. The van der Waals surface area contributed by atoms with Crippen molar-refractivity contribution >= 4 is 12.0 Å². The second kappa shape index (κ2) is 9.69. The van der Waals surface area contributed by atoms with Gasteiger partial charge in [0.2, 0.25) is 5.91 Å². The zero-order chi connectivity index (χ0) is 23.4. The number of nitrogens with one attached hydrogen (secondary N) is 1. The fourth-order valence-electron chi connectivity index (χ4n) is 3.01. The molecular weight excluding hydrogens is 417 g/mol. The molecule has 1 aromatic rings. The molecule has 1 fully saturated rings. The van der Waals surface area contributed by atoms with E-state index in [1.807, 2.05) is 13.8 Å². The lowest BCUT2D eigenvalue weighted by Gasteiger charge is -2.35. The highest BCUT2D eigenvalue weighted by Crippen LogP contribution is 2.28. The average Bonchev–Trinajstić information content (AvgIpc) is 2.64. The smallest absolute Gasteiger partial charge is 0.419 e. The van der Waals surface area contributed by atoms with Gasteiger partial charge in [0.15, 0.2) is 0 Å². The largest absolute Gasteiger partial charge is 0.460 e. The molecule has 1 saturated heterocycles. The number of carbonyl (C=O) groups excluding carboxylic acids is 2. The first kappa shape index (κ1) is 24.7. The lowest BCUT2D eigenvalue weighted by molar-refractivity contribution is -0.138. The third kappa shape index (κ3) is 7.55. The summed E-state index contributed by atoms with van der Waals surface area (Å²) in [5, 5.41) is 2.64. The molecule has 0 aromatic carbocycles. The van der Waals surface area contributed by atoms with Gasteiger partial charge in [0.25, 0.3) is 0 Å². The summed E-state index contributed by atoms with van der Waals surface area (Å²) >= 11 is 0. The van der Waals surface area contributed by atoms with Crippen LogP contribution in [0.15, 0.2) is 12.4 Å². The maximum absolute atomic E-state index is 12.9. The van der Waals surface area contributed by atoms with Gasteiger partial charge in [-0.3, -0.25) is 4.79 Å². The number of hydrogen-bond donors (Lipinski definition) is 1. The van der Waals surface area contributed by atoms with Crippen LogP contribution in [-0.2, 0) is 15.7 Å². The number of likely N-dealkylation sites (tertiary alicyclic amines) is 1. The Morgan fingerprint density at radius 1 is 1.13 bits per heavy atom. The summed E-state index contributed by atoms with van der Waals surface area (Å²) < 4.78 is 48.6. The molecule has 11 heteroatoms. The van der Waals surface area contributed by atoms with Crippen LogP contribution in [0.5, 0.6) is 6.01 Å². The van der Waals surface area contributed by atoms with Gasteiger partial charge in [-0.05, 0) is 26.7 Å². The molecule has 0 radical (unpaired) electrons. The number of rotatable bonds is 5. The topological polar surface area (TPSA) is 93.7 Å². The summed E-state index contributed by atoms with van der Waals surface area (Å²) in [4.78, 5) is 33.9. The lowest BCUT2D eigenvalue weighted by Crippen LogP contribution is -2.54. The summed E-state index contributed by atoms with van der Waals surface area (Å²) in [6, 6.07) is -0.866. The molecule has 2 heterocycles. The van der Waals surface area contributed by atoms with Gasteiger partial charge in [-0.15, -0.1) is 0 Å². The van der Waals surface area contributed by atoms with E-state index >= 15 is 0 Å². The zero-order valence-electron chi connectivity index (χ0n) is 18.3. The van der Waals surface area contributed by atoms with E-state index < -0.39 is 29.5 Å². The number of piperidine rings is 1. The third-order valence-electron chi connectivity index (χ3n) is 4.59. The molecule has 1 aliphatic rings. The van der Waals surface area contributed by atoms with Crippen LogP contribution in [0, 0.1) is 5.92 Å². The Hall–Kier alpha value is -2.59. The van der Waals surface area contributed by atoms with Gasteiger partial charge in [-0.2, -0.15) is 13.2 Å². The monoisotopic (exact) mass is 446 g/mol. The van der Waals surface area contributed by atoms with Crippen molar-refractivity contribution in [1.82, 2.24) is 20.2 Å². The van der Waals surface area contributed by atoms with E-state index in [4.69, 9.17) is 9.47 Å². The molecule has 0 spiro atoms. The first-order valence-electron chi connectivity index (χ1n) is 10.1. The second-order valence-corrected chi connectivity index (χ2v) is 8.76. The molecule has 0 unspecified atom stereocenters. The van der Waals surface area contributed by atoms with Crippen LogP contribution < -0.4 is 10.1 Å². The van der Waals surface area contributed by atoms with Crippen LogP contribution >= 0.6 is 0 Å². The first-order chi connectivity index (χ1) is 14.3. The minimum atomic E-state index is -4.51. The van der Waals surface area contributed by atoms with E-state index in [2.05, 4.69) is 15.3 Å². The van der Waals surface area contributed by atoms with E-state index in [9.17, 15) is 22.8 Å². The third-order valence-corrected chi connectivity index (χ3v) is 4.59. The highest BCUT2D eigenvalue weighted by molar-refractivity contribution is 5.86. The van der Waals surface area contributed by atoms with Crippen LogP contribution in [0.2, 0.25) is 0 Å². The highest BCUT2D eigenvalue weighted by atomic mass is 19.4. The number of carbonyl (C=O) groups is 2. The Balaban J connectivity index is 1.90. The van der Waals surface area contributed by atoms with Gasteiger partial charge in [-0.1, -0.05) is 13.8 Å². The number of alkyl carbamates (subject to hydrolysis) is 1. The predicted molar refractivity (Wildman–Crippen MR) is 105 cm³/mol. The van der Waals surface area contributed by atoms with Crippen molar-refractivity contribution in [1.29, 1.82) is 0 Å². The summed E-state index contributed by atoms with van der Waals surface area (Å²) in [6.07, 6.45) is -3.20. The van der Waals surface area contributed by atoms with Crippen molar-refractivity contribution in [3.05, 3.63) is 18.0 Å². The number of ether oxygens (including phenoxy) is 2. The first-order valence-corrected chi connectivity index (χ1v) is 10.1. The predicted octanol–water partition coefficient (Wildman–Crippen LogP) is 3.41. The maximum Gasteiger partial charge on any atom is 0.419 e. The molecule has 1 N–H and O–H groups in total. The standard InChI is InChI=1S/C20H29F3N4O4/c1-12(2)15(26-18(29)31-19(3,4)5)16(28)27-8-6-14(7-9-27)30-17-24-10-13(11-25-17)20(21,22)23/h10-12,14-15H,6-9H2,1-5H3,(H,26,29)/t15-/m0/s1. The zero-order valence-corrected chi connectivity index (χ0v) is 18.3. The summed E-state index contributed by atoms with van der Waals surface area (Å²) in [7, 11) is 0. The Labute approximate surface area is 179 Å². The number of hydrogen-bond acceptors (Lipinski definition) is 6. The van der Waals surface area contributed by atoms with Crippen LogP contribution in [0.1, 0.15) is 53.0 Å². The number of halogens is 3. The Morgan fingerprint density at radius 2 is 1.68 bits per heavy atom. The van der Waals surface area contributed by atoms with Gasteiger partial charge in [-0.25, -0.2) is 14.8 Å². The molecule has 0 aliphatic carbocycles. The van der Waals surface area contributed by atoms with Gasteiger partial charge < -0.3 is 19.7 Å².